The average molecular weight is 449 g/mol. The molecule has 2 heterocycles. The van der Waals surface area contributed by atoms with Crippen molar-refractivity contribution < 1.29 is 18.1 Å². The second-order valence-electron chi connectivity index (χ2n) is 8.22. The molecule has 4 N–H and O–H groups in total. The molecule has 0 spiro atoms. The van der Waals surface area contributed by atoms with Crippen molar-refractivity contribution in [3.05, 3.63) is 34.3 Å². The van der Waals surface area contributed by atoms with Crippen molar-refractivity contribution in [1.29, 1.82) is 4.78 Å². The SMILES string of the molecule is CN[C@@H]1COc2c(S(=N)(=O)NC(=O)Nc3c4c(c(F)c5c3CCC5)CCC4)cnn2C1. The molecule has 0 fully saturated rings. The van der Waals surface area contributed by atoms with Gasteiger partial charge in [0.25, 0.3) is 0 Å². The number of carbonyl (C=O) groups excluding carboxylic acids is 1. The summed E-state index contributed by atoms with van der Waals surface area (Å²) in [6, 6.07) is -0.695. The number of fused-ring (bicyclic) bond motifs is 3. The number of urea groups is 1. The van der Waals surface area contributed by atoms with Gasteiger partial charge in [0.1, 0.15) is 17.3 Å². The van der Waals surface area contributed by atoms with Crippen LogP contribution in [-0.4, -0.2) is 39.7 Å². The number of hydrogen-bond acceptors (Lipinski definition) is 6. The summed E-state index contributed by atoms with van der Waals surface area (Å²) >= 11 is 0. The van der Waals surface area contributed by atoms with Gasteiger partial charge in [-0.25, -0.2) is 27.6 Å². The van der Waals surface area contributed by atoms with Crippen LogP contribution in [-0.2, 0) is 42.1 Å². The van der Waals surface area contributed by atoms with E-state index in [1.54, 1.807) is 0 Å². The van der Waals surface area contributed by atoms with Crippen molar-refractivity contribution in [3.8, 4) is 5.88 Å². The van der Waals surface area contributed by atoms with Crippen LogP contribution >= 0.6 is 0 Å². The molecule has 2 atom stereocenters. The van der Waals surface area contributed by atoms with E-state index in [0.717, 1.165) is 24.0 Å². The van der Waals surface area contributed by atoms with Gasteiger partial charge in [0, 0.05) is 5.69 Å². The molecule has 11 heteroatoms. The predicted molar refractivity (Wildman–Crippen MR) is 112 cm³/mol. The third-order valence-electron chi connectivity index (χ3n) is 6.34. The van der Waals surface area contributed by atoms with Gasteiger partial charge in [0.05, 0.1) is 18.8 Å². The molecular weight excluding hydrogens is 423 g/mol. The topological polar surface area (TPSA) is 121 Å². The van der Waals surface area contributed by atoms with E-state index in [4.69, 9.17) is 9.52 Å². The number of nitrogens with zero attached hydrogens (tertiary/aromatic N) is 2. The summed E-state index contributed by atoms with van der Waals surface area (Å²) < 4.78 is 45.7. The molecule has 1 aromatic heterocycles. The molecule has 166 valence electrons. The molecule has 1 aliphatic heterocycles. The summed E-state index contributed by atoms with van der Waals surface area (Å²) in [5, 5.41) is 10.0. The molecule has 5 rings (SSSR count). The number of hydrogen-bond donors (Lipinski definition) is 4. The van der Waals surface area contributed by atoms with Gasteiger partial charge in [-0.2, -0.15) is 5.10 Å². The van der Waals surface area contributed by atoms with Crippen LogP contribution in [0.15, 0.2) is 11.1 Å². The molecule has 9 nitrogen and oxygen atoms in total. The van der Waals surface area contributed by atoms with Crippen LogP contribution in [0, 0.1) is 10.6 Å². The van der Waals surface area contributed by atoms with Crippen LogP contribution in [0.25, 0.3) is 0 Å². The molecule has 31 heavy (non-hydrogen) atoms. The number of aromatic nitrogens is 2. The highest BCUT2D eigenvalue weighted by Gasteiger charge is 2.31. The average Bonchev–Trinajstić information content (AvgIpc) is 3.49. The zero-order valence-corrected chi connectivity index (χ0v) is 18.0. The fourth-order valence-electron chi connectivity index (χ4n) is 4.81. The smallest absolute Gasteiger partial charge is 0.331 e. The zero-order chi connectivity index (χ0) is 21.8. The van der Waals surface area contributed by atoms with Gasteiger partial charge in [-0.3, -0.25) is 0 Å². The third kappa shape index (κ3) is 3.35. The Morgan fingerprint density at radius 3 is 2.52 bits per heavy atom. The lowest BCUT2D eigenvalue weighted by atomic mass is 9.98. The van der Waals surface area contributed by atoms with Crippen LogP contribution in [0.3, 0.4) is 0 Å². The molecule has 1 aromatic carbocycles. The van der Waals surface area contributed by atoms with E-state index < -0.39 is 15.9 Å². The minimum Gasteiger partial charge on any atom is -0.475 e. The van der Waals surface area contributed by atoms with Gasteiger partial charge < -0.3 is 15.4 Å². The first-order valence-electron chi connectivity index (χ1n) is 10.5. The van der Waals surface area contributed by atoms with E-state index in [9.17, 15) is 13.4 Å². The summed E-state index contributed by atoms with van der Waals surface area (Å²) in [7, 11) is -1.89. The first-order chi connectivity index (χ1) is 14.9. The summed E-state index contributed by atoms with van der Waals surface area (Å²) in [5.74, 6) is 0.106. The van der Waals surface area contributed by atoms with E-state index in [-0.39, 0.29) is 22.6 Å². The number of likely N-dealkylation sites (N-methyl/N-ethyl adjacent to an activating group) is 1. The van der Waals surface area contributed by atoms with Gasteiger partial charge >= 0.3 is 6.03 Å². The minimum atomic E-state index is -3.70. The van der Waals surface area contributed by atoms with E-state index in [1.807, 2.05) is 7.05 Å². The van der Waals surface area contributed by atoms with Crippen LogP contribution < -0.4 is 20.1 Å². The van der Waals surface area contributed by atoms with Gasteiger partial charge in [-0.15, -0.1) is 0 Å². The lowest BCUT2D eigenvalue weighted by Gasteiger charge is -2.24. The second-order valence-corrected chi connectivity index (χ2v) is 9.97. The Morgan fingerprint density at radius 1 is 1.23 bits per heavy atom. The molecule has 0 saturated carbocycles. The first kappa shape index (κ1) is 20.3. The second kappa shape index (κ2) is 7.49. The molecule has 3 aliphatic rings. The Bertz CT molecular complexity index is 1140. The molecule has 0 bridgehead atoms. The van der Waals surface area contributed by atoms with Gasteiger partial charge in [0.15, 0.2) is 9.92 Å². The maximum absolute atomic E-state index is 14.8. The molecule has 2 aliphatic carbocycles. The van der Waals surface area contributed by atoms with Crippen LogP contribution in [0.4, 0.5) is 14.9 Å². The molecule has 2 amide bonds. The maximum Gasteiger partial charge on any atom is 0.331 e. The van der Waals surface area contributed by atoms with Crippen molar-refractivity contribution in [3.63, 3.8) is 0 Å². The lowest BCUT2D eigenvalue weighted by molar-refractivity contribution is 0.184. The molecule has 1 unspecified atom stereocenters. The zero-order valence-electron chi connectivity index (χ0n) is 17.2. The quantitative estimate of drug-likeness (QED) is 0.571. The Hall–Kier alpha value is -2.66. The number of nitrogens with one attached hydrogen (secondary N) is 4. The Kier molecular flexibility index (Phi) is 4.89. The van der Waals surface area contributed by atoms with E-state index in [1.165, 1.54) is 10.9 Å². The first-order valence-corrected chi connectivity index (χ1v) is 12.0. The fourth-order valence-corrected chi connectivity index (χ4v) is 5.84. The number of amides is 2. The highest BCUT2D eigenvalue weighted by Crippen LogP contribution is 2.41. The van der Waals surface area contributed by atoms with Crippen molar-refractivity contribution in [2.45, 2.75) is 56.0 Å². The molecule has 0 saturated heterocycles. The summed E-state index contributed by atoms with van der Waals surface area (Å²) in [5.41, 5.74) is 3.64. The van der Waals surface area contributed by atoms with Crippen LogP contribution in [0.5, 0.6) is 5.88 Å². The van der Waals surface area contributed by atoms with E-state index >= 15 is 0 Å². The highest BCUT2D eigenvalue weighted by atomic mass is 32.2. The van der Waals surface area contributed by atoms with Gasteiger partial charge in [0.2, 0.25) is 5.88 Å². The van der Waals surface area contributed by atoms with E-state index in [0.29, 0.717) is 55.6 Å². The summed E-state index contributed by atoms with van der Waals surface area (Å²) in [4.78, 5) is 12.8. The predicted octanol–water partition coefficient (Wildman–Crippen LogP) is 2.12. The molecule has 2 aromatic rings. The Balaban J connectivity index is 1.40. The highest BCUT2D eigenvalue weighted by molar-refractivity contribution is 7.91. The summed E-state index contributed by atoms with van der Waals surface area (Å²) in [6.07, 6.45) is 5.70. The van der Waals surface area contributed by atoms with Crippen LogP contribution in [0.2, 0.25) is 0 Å². The van der Waals surface area contributed by atoms with Gasteiger partial charge in [-0.05, 0) is 67.8 Å². The third-order valence-corrected chi connectivity index (χ3v) is 7.71. The lowest BCUT2D eigenvalue weighted by Crippen LogP contribution is -2.40. The normalized spacial score (nSPS) is 20.9. The van der Waals surface area contributed by atoms with Crippen molar-refractivity contribution in [2.24, 2.45) is 0 Å². The fraction of sp³-hybridized carbons (Fsp3) is 0.500. The maximum atomic E-state index is 14.8. The number of rotatable bonds is 4. The summed E-state index contributed by atoms with van der Waals surface area (Å²) in [6.45, 7) is 0.867. The van der Waals surface area contributed by atoms with Gasteiger partial charge in [-0.1, -0.05) is 0 Å². The number of halogens is 1. The monoisotopic (exact) mass is 448 g/mol. The standard InChI is InChI=1S/C20H25FN6O3S/c1-23-11-9-27-19(30-10-11)16(8-24-27)31(22,29)26-20(28)25-18-14-6-2-4-12(14)17(21)13-5-3-7-15(13)18/h8,11,23H,2-7,9-10H2,1H3,(H3,22,25,26,28,29)/t11-,31?/m0/s1. The molecular formula is C20H25FN6O3S. The number of benzene rings is 1. The Morgan fingerprint density at radius 2 is 1.87 bits per heavy atom. The Labute approximate surface area is 179 Å². The number of ether oxygens (including phenoxy) is 1. The van der Waals surface area contributed by atoms with Crippen molar-refractivity contribution in [2.75, 3.05) is 19.0 Å². The molecule has 0 radical (unpaired) electrons. The van der Waals surface area contributed by atoms with Crippen LogP contribution in [0.1, 0.15) is 35.1 Å². The van der Waals surface area contributed by atoms with Crippen molar-refractivity contribution in [1.82, 2.24) is 19.8 Å². The van der Waals surface area contributed by atoms with Crippen molar-refractivity contribution >= 4 is 21.6 Å². The minimum absolute atomic E-state index is 0.0340. The van der Waals surface area contributed by atoms with E-state index in [2.05, 4.69) is 20.5 Å². The number of carbonyl (C=O) groups is 1. The largest absolute Gasteiger partial charge is 0.475 e. The number of anilines is 1.